The SMILES string of the molecule is COC(=O)[C@@H](OC(C)(C)C)c1c(C)nc2c(-c3cccc(-c4ccccc4)c3)c(-c3ccccc3)nn2c1-c1cc(F)c2c(c1C)CCCO2. The number of hydrogen-bond acceptors (Lipinski definition) is 6. The molecule has 0 bridgehead atoms. The summed E-state index contributed by atoms with van der Waals surface area (Å²) in [5.41, 5.74) is 9.04. The monoisotopic (exact) mass is 669 g/mol. The number of esters is 1. The Morgan fingerprint density at radius 2 is 1.56 bits per heavy atom. The fourth-order valence-electron chi connectivity index (χ4n) is 6.88. The zero-order valence-electron chi connectivity index (χ0n) is 29.2. The van der Waals surface area contributed by atoms with Gasteiger partial charge in [-0.15, -0.1) is 0 Å². The average Bonchev–Trinajstić information content (AvgIpc) is 3.51. The van der Waals surface area contributed by atoms with Gasteiger partial charge in [-0.25, -0.2) is 18.7 Å². The van der Waals surface area contributed by atoms with E-state index >= 15 is 4.39 Å². The Labute approximate surface area is 291 Å². The van der Waals surface area contributed by atoms with Crippen molar-refractivity contribution in [2.75, 3.05) is 13.7 Å². The van der Waals surface area contributed by atoms with Crippen molar-refractivity contribution in [1.82, 2.24) is 14.6 Å². The number of methoxy groups -OCH3 is 1. The van der Waals surface area contributed by atoms with E-state index in [4.69, 9.17) is 24.3 Å². The molecule has 2 aromatic heterocycles. The first-order valence-electron chi connectivity index (χ1n) is 16.9. The molecule has 6 aromatic rings. The lowest BCUT2D eigenvalue weighted by atomic mass is 9.90. The molecule has 50 heavy (non-hydrogen) atoms. The third-order valence-electron chi connectivity index (χ3n) is 9.14. The van der Waals surface area contributed by atoms with Crippen LogP contribution >= 0.6 is 0 Å². The Morgan fingerprint density at radius 1 is 0.900 bits per heavy atom. The molecule has 0 fully saturated rings. The van der Waals surface area contributed by atoms with Crippen molar-refractivity contribution in [2.45, 2.75) is 59.2 Å². The van der Waals surface area contributed by atoms with E-state index in [2.05, 4.69) is 30.3 Å². The Hall–Kier alpha value is -5.34. The number of halogens is 1. The van der Waals surface area contributed by atoms with E-state index in [1.54, 1.807) is 4.52 Å². The number of benzene rings is 4. The number of ether oxygens (including phenoxy) is 3. The second-order valence-corrected chi connectivity index (χ2v) is 13.7. The first-order valence-corrected chi connectivity index (χ1v) is 16.9. The van der Waals surface area contributed by atoms with Gasteiger partial charge in [-0.2, -0.15) is 5.10 Å². The molecular formula is C42H40FN3O4. The van der Waals surface area contributed by atoms with E-state index in [1.165, 1.54) is 13.2 Å². The largest absolute Gasteiger partial charge is 0.490 e. The molecule has 0 spiro atoms. The molecule has 254 valence electrons. The molecule has 1 aliphatic rings. The van der Waals surface area contributed by atoms with Crippen LogP contribution in [0, 0.1) is 19.7 Å². The minimum Gasteiger partial charge on any atom is -0.490 e. The number of aryl methyl sites for hydroxylation is 1. The third kappa shape index (κ3) is 6.05. The molecule has 8 heteroatoms. The summed E-state index contributed by atoms with van der Waals surface area (Å²) < 4.78 is 35.4. The third-order valence-corrected chi connectivity index (χ3v) is 9.14. The summed E-state index contributed by atoms with van der Waals surface area (Å²) in [5.74, 6) is -0.775. The van der Waals surface area contributed by atoms with Gasteiger partial charge in [0.2, 0.25) is 0 Å². The van der Waals surface area contributed by atoms with Crippen LogP contribution < -0.4 is 4.74 Å². The van der Waals surface area contributed by atoms with Crippen LogP contribution in [0.3, 0.4) is 0 Å². The molecule has 0 N–H and O–H groups in total. The summed E-state index contributed by atoms with van der Waals surface area (Å²) >= 11 is 0. The molecule has 0 amide bonds. The second-order valence-electron chi connectivity index (χ2n) is 13.7. The van der Waals surface area contributed by atoms with Gasteiger partial charge in [0.05, 0.1) is 30.6 Å². The maximum absolute atomic E-state index is 16.1. The van der Waals surface area contributed by atoms with Gasteiger partial charge in [-0.3, -0.25) is 0 Å². The van der Waals surface area contributed by atoms with E-state index < -0.39 is 23.5 Å². The molecule has 0 saturated heterocycles. The van der Waals surface area contributed by atoms with Crippen molar-refractivity contribution in [3.05, 3.63) is 119 Å². The molecule has 0 radical (unpaired) electrons. The van der Waals surface area contributed by atoms with Crippen LogP contribution in [0.25, 0.3) is 50.4 Å². The fraction of sp³-hybridized carbons (Fsp3) is 0.262. The van der Waals surface area contributed by atoms with Gasteiger partial charge < -0.3 is 14.2 Å². The van der Waals surface area contributed by atoms with Crippen molar-refractivity contribution in [2.24, 2.45) is 0 Å². The molecule has 7 rings (SSSR count). The van der Waals surface area contributed by atoms with E-state index in [0.29, 0.717) is 46.9 Å². The molecular weight excluding hydrogens is 629 g/mol. The van der Waals surface area contributed by atoms with E-state index in [0.717, 1.165) is 45.4 Å². The quantitative estimate of drug-likeness (QED) is 0.158. The standard InChI is InChI=1S/C42H40FN3O4/c1-25-31-21-14-22-49-38(31)33(43)24-32(25)37-34(39(41(47)48-6)50-42(3,4)5)26(2)44-40-35(36(45-46(37)40)28-17-11-8-12-18-28)30-20-13-19-29(23-30)27-15-9-7-10-16-27/h7-13,15-20,23-24,39H,14,21-22H2,1-6H3/t39-/m0/s1. The zero-order chi connectivity index (χ0) is 35.2. The Morgan fingerprint density at radius 3 is 2.24 bits per heavy atom. The van der Waals surface area contributed by atoms with Crippen molar-refractivity contribution in [3.8, 4) is 50.5 Å². The van der Waals surface area contributed by atoms with Gasteiger partial charge >= 0.3 is 5.97 Å². The van der Waals surface area contributed by atoms with Crippen molar-refractivity contribution >= 4 is 11.6 Å². The number of hydrogen-bond donors (Lipinski definition) is 0. The van der Waals surface area contributed by atoms with Crippen LogP contribution in [0.5, 0.6) is 5.75 Å². The Bertz CT molecular complexity index is 2220. The van der Waals surface area contributed by atoms with Crippen LogP contribution in [0.1, 0.15) is 55.7 Å². The van der Waals surface area contributed by atoms with E-state index in [-0.39, 0.29) is 5.75 Å². The van der Waals surface area contributed by atoms with Gasteiger partial charge in [0.25, 0.3) is 0 Å². The Balaban J connectivity index is 1.62. The predicted molar refractivity (Wildman–Crippen MR) is 194 cm³/mol. The molecule has 7 nitrogen and oxygen atoms in total. The van der Waals surface area contributed by atoms with E-state index in [1.807, 2.05) is 89.2 Å². The Kier molecular flexibility index (Phi) is 8.74. The van der Waals surface area contributed by atoms with Gasteiger partial charge in [-0.1, -0.05) is 78.9 Å². The van der Waals surface area contributed by atoms with Gasteiger partial charge in [0.15, 0.2) is 23.3 Å². The molecule has 0 unspecified atom stereocenters. The van der Waals surface area contributed by atoms with Gasteiger partial charge in [-0.05, 0) is 81.8 Å². The molecule has 0 saturated carbocycles. The number of carbonyl (C=O) groups is 1. The smallest absolute Gasteiger partial charge is 0.339 e. The van der Waals surface area contributed by atoms with Crippen molar-refractivity contribution in [3.63, 3.8) is 0 Å². The lowest BCUT2D eigenvalue weighted by Crippen LogP contribution is -2.30. The van der Waals surface area contributed by atoms with Crippen LogP contribution in [0.2, 0.25) is 0 Å². The lowest BCUT2D eigenvalue weighted by molar-refractivity contribution is -0.164. The first-order chi connectivity index (χ1) is 24.1. The van der Waals surface area contributed by atoms with Crippen molar-refractivity contribution in [1.29, 1.82) is 0 Å². The van der Waals surface area contributed by atoms with Gasteiger partial charge in [0.1, 0.15) is 5.69 Å². The molecule has 3 heterocycles. The predicted octanol–water partition coefficient (Wildman–Crippen LogP) is 9.51. The number of carbonyl (C=O) groups excluding carboxylic acids is 1. The second kappa shape index (κ2) is 13.2. The number of rotatable bonds is 7. The lowest BCUT2D eigenvalue weighted by Gasteiger charge is -2.29. The van der Waals surface area contributed by atoms with E-state index in [9.17, 15) is 4.79 Å². The number of aromatic nitrogens is 3. The molecule has 4 aromatic carbocycles. The molecule has 1 aliphatic heterocycles. The highest BCUT2D eigenvalue weighted by Crippen LogP contribution is 2.44. The van der Waals surface area contributed by atoms with Crippen LogP contribution in [-0.4, -0.2) is 39.9 Å². The first kappa shape index (κ1) is 33.2. The number of fused-ring (bicyclic) bond motifs is 2. The molecule has 1 atom stereocenters. The molecule has 0 aliphatic carbocycles. The topological polar surface area (TPSA) is 75.0 Å². The summed E-state index contributed by atoms with van der Waals surface area (Å²) in [6, 6.07) is 30.0. The highest BCUT2D eigenvalue weighted by Gasteiger charge is 2.36. The maximum atomic E-state index is 16.1. The fourth-order valence-corrected chi connectivity index (χ4v) is 6.88. The van der Waals surface area contributed by atoms with Crippen molar-refractivity contribution < 1.29 is 23.4 Å². The highest BCUT2D eigenvalue weighted by atomic mass is 19.1. The number of nitrogens with zero attached hydrogens (tertiary/aromatic N) is 3. The summed E-state index contributed by atoms with van der Waals surface area (Å²) in [7, 11) is 1.34. The summed E-state index contributed by atoms with van der Waals surface area (Å²) in [5, 5.41) is 5.28. The highest BCUT2D eigenvalue weighted by molar-refractivity contribution is 5.94. The van der Waals surface area contributed by atoms with Crippen LogP contribution in [0.15, 0.2) is 91.0 Å². The zero-order valence-corrected chi connectivity index (χ0v) is 29.2. The summed E-state index contributed by atoms with van der Waals surface area (Å²) in [6.45, 7) is 9.92. The maximum Gasteiger partial charge on any atom is 0.339 e. The summed E-state index contributed by atoms with van der Waals surface area (Å²) in [6.07, 6.45) is 0.267. The summed E-state index contributed by atoms with van der Waals surface area (Å²) in [4.78, 5) is 18.8. The average molecular weight is 670 g/mol. The van der Waals surface area contributed by atoms with Crippen LogP contribution in [-0.2, 0) is 20.7 Å². The van der Waals surface area contributed by atoms with Crippen LogP contribution in [0.4, 0.5) is 4.39 Å². The normalized spacial score (nSPS) is 13.5. The van der Waals surface area contributed by atoms with Gasteiger partial charge in [0, 0.05) is 27.9 Å². The minimum absolute atomic E-state index is 0.278. The minimum atomic E-state index is -1.17.